The number of hydrogen-bond donors (Lipinski definition) is 2. The second-order valence-corrected chi connectivity index (χ2v) is 6.05. The van der Waals surface area contributed by atoms with Crippen LogP contribution in [0, 0.1) is 16.0 Å². The lowest BCUT2D eigenvalue weighted by atomic mass is 10.1. The monoisotopic (exact) mass is 365 g/mol. The van der Waals surface area contributed by atoms with Crippen LogP contribution in [-0.2, 0) is 0 Å². The molecule has 132 valence electrons. The van der Waals surface area contributed by atoms with Crippen LogP contribution in [0.3, 0.4) is 0 Å². The number of nitro groups is 1. The molecule has 2 aromatic rings. The van der Waals surface area contributed by atoms with Crippen LogP contribution in [0.15, 0.2) is 34.7 Å². The lowest BCUT2D eigenvalue weighted by Crippen LogP contribution is -2.27. The summed E-state index contributed by atoms with van der Waals surface area (Å²) >= 11 is 6.09. The highest BCUT2D eigenvalue weighted by molar-refractivity contribution is 6.34. The number of anilines is 1. The van der Waals surface area contributed by atoms with Gasteiger partial charge in [0.05, 0.1) is 16.7 Å². The molecule has 1 heterocycles. The predicted molar refractivity (Wildman–Crippen MR) is 91.9 cm³/mol. The van der Waals surface area contributed by atoms with E-state index in [0.717, 1.165) is 6.07 Å². The molecule has 25 heavy (non-hydrogen) atoms. The zero-order valence-electron chi connectivity index (χ0n) is 13.5. The van der Waals surface area contributed by atoms with E-state index in [1.54, 1.807) is 0 Å². The molecule has 9 heteroatoms. The van der Waals surface area contributed by atoms with Crippen molar-refractivity contribution in [2.45, 2.75) is 13.8 Å². The van der Waals surface area contributed by atoms with Gasteiger partial charge in [0, 0.05) is 12.2 Å². The fourth-order valence-corrected chi connectivity index (χ4v) is 2.18. The van der Waals surface area contributed by atoms with Crippen LogP contribution in [0.4, 0.5) is 11.6 Å². The van der Waals surface area contributed by atoms with Crippen LogP contribution in [0.1, 0.15) is 34.8 Å². The first kappa shape index (κ1) is 18.5. The van der Waals surface area contributed by atoms with Gasteiger partial charge in [0.15, 0.2) is 5.76 Å². The van der Waals surface area contributed by atoms with E-state index >= 15 is 0 Å². The maximum atomic E-state index is 12.0. The first-order valence-electron chi connectivity index (χ1n) is 7.41. The van der Waals surface area contributed by atoms with Crippen molar-refractivity contribution in [2.24, 2.45) is 5.92 Å². The number of hydrogen-bond acceptors (Lipinski definition) is 5. The Morgan fingerprint density at radius 3 is 2.52 bits per heavy atom. The van der Waals surface area contributed by atoms with Gasteiger partial charge in [-0.05, 0) is 30.2 Å². The van der Waals surface area contributed by atoms with Gasteiger partial charge in [0.25, 0.3) is 11.8 Å². The van der Waals surface area contributed by atoms with Crippen molar-refractivity contribution in [1.82, 2.24) is 5.32 Å². The summed E-state index contributed by atoms with van der Waals surface area (Å²) in [7, 11) is 0. The Balaban J connectivity index is 2.08. The van der Waals surface area contributed by atoms with Gasteiger partial charge in [0.1, 0.15) is 4.92 Å². The van der Waals surface area contributed by atoms with Crippen LogP contribution < -0.4 is 10.6 Å². The largest absolute Gasteiger partial charge is 0.433 e. The Kier molecular flexibility index (Phi) is 5.76. The normalized spacial score (nSPS) is 10.6. The van der Waals surface area contributed by atoms with Crippen LogP contribution in [0.5, 0.6) is 0 Å². The van der Waals surface area contributed by atoms with Crippen molar-refractivity contribution >= 4 is 35.0 Å². The van der Waals surface area contributed by atoms with E-state index in [2.05, 4.69) is 10.6 Å². The second-order valence-electron chi connectivity index (χ2n) is 5.65. The Morgan fingerprint density at radius 1 is 1.24 bits per heavy atom. The number of furan rings is 1. The molecule has 1 aromatic carbocycles. The minimum Gasteiger partial charge on any atom is -0.395 e. The predicted octanol–water partition coefficient (Wildman–Crippen LogP) is 3.48. The molecule has 1 aromatic heterocycles. The molecule has 0 radical (unpaired) electrons. The highest BCUT2D eigenvalue weighted by Gasteiger charge is 2.18. The van der Waals surface area contributed by atoms with E-state index in [9.17, 15) is 19.7 Å². The standard InChI is InChI=1S/C16H16ClN3O5/c1-9(2)8-18-15(21)11-4-3-10(7-12(11)17)19-16(22)13-5-6-14(25-13)20(23)24/h3-7,9H,8H2,1-2H3,(H,18,21)(H,19,22). The molecule has 0 atom stereocenters. The molecule has 0 unspecified atom stereocenters. The molecule has 8 nitrogen and oxygen atoms in total. The topological polar surface area (TPSA) is 114 Å². The summed E-state index contributed by atoms with van der Waals surface area (Å²) < 4.78 is 4.82. The highest BCUT2D eigenvalue weighted by atomic mass is 35.5. The molecule has 0 bridgehead atoms. The smallest absolute Gasteiger partial charge is 0.395 e. The van der Waals surface area contributed by atoms with Gasteiger partial charge in [-0.25, -0.2) is 0 Å². The Morgan fingerprint density at radius 2 is 1.96 bits per heavy atom. The number of nitrogens with one attached hydrogen (secondary N) is 2. The Bertz CT molecular complexity index is 816. The average molecular weight is 366 g/mol. The van der Waals surface area contributed by atoms with Crippen molar-refractivity contribution in [3.8, 4) is 0 Å². The summed E-state index contributed by atoms with van der Waals surface area (Å²) in [6.07, 6.45) is 0. The van der Waals surface area contributed by atoms with Crippen molar-refractivity contribution in [2.75, 3.05) is 11.9 Å². The molecule has 2 N–H and O–H groups in total. The molecule has 0 aliphatic rings. The zero-order valence-corrected chi connectivity index (χ0v) is 14.3. The number of carbonyl (C=O) groups is 2. The quantitative estimate of drug-likeness (QED) is 0.600. The summed E-state index contributed by atoms with van der Waals surface area (Å²) in [6.45, 7) is 4.46. The van der Waals surface area contributed by atoms with Crippen LogP contribution in [0.25, 0.3) is 0 Å². The molecule has 0 spiro atoms. The Hall–Kier alpha value is -2.87. The van der Waals surface area contributed by atoms with Crippen LogP contribution in [-0.4, -0.2) is 23.3 Å². The van der Waals surface area contributed by atoms with E-state index in [1.807, 2.05) is 13.8 Å². The number of benzene rings is 1. The molecule has 0 aliphatic carbocycles. The fourth-order valence-electron chi connectivity index (χ4n) is 1.91. The zero-order chi connectivity index (χ0) is 18.6. The molecule has 2 rings (SSSR count). The third-order valence-electron chi connectivity index (χ3n) is 3.14. The van der Waals surface area contributed by atoms with Gasteiger partial charge in [0.2, 0.25) is 0 Å². The van der Waals surface area contributed by atoms with Gasteiger partial charge in [-0.2, -0.15) is 0 Å². The summed E-state index contributed by atoms with van der Waals surface area (Å²) in [5.41, 5.74) is 0.614. The SMILES string of the molecule is CC(C)CNC(=O)c1ccc(NC(=O)c2ccc([N+](=O)[O-])o2)cc1Cl. The van der Waals surface area contributed by atoms with E-state index in [1.165, 1.54) is 24.3 Å². The van der Waals surface area contributed by atoms with Gasteiger partial charge in [-0.15, -0.1) is 0 Å². The summed E-state index contributed by atoms with van der Waals surface area (Å²) in [4.78, 5) is 33.9. The third kappa shape index (κ3) is 4.80. The lowest BCUT2D eigenvalue weighted by Gasteiger charge is -2.10. The maximum Gasteiger partial charge on any atom is 0.433 e. The molecule has 2 amide bonds. The number of halogens is 1. The van der Waals surface area contributed by atoms with Crippen molar-refractivity contribution in [3.63, 3.8) is 0 Å². The summed E-state index contributed by atoms with van der Waals surface area (Å²) in [5.74, 6) is -1.40. The second kappa shape index (κ2) is 7.80. The van der Waals surface area contributed by atoms with Crippen molar-refractivity contribution in [3.05, 3.63) is 56.8 Å². The van der Waals surface area contributed by atoms with Crippen molar-refractivity contribution in [1.29, 1.82) is 0 Å². The maximum absolute atomic E-state index is 12.0. The minimum absolute atomic E-state index is 0.171. The average Bonchev–Trinajstić information content (AvgIpc) is 3.03. The Labute approximate surface area is 148 Å². The number of nitrogens with zero attached hydrogens (tertiary/aromatic N) is 1. The number of amides is 2. The van der Waals surface area contributed by atoms with E-state index in [-0.39, 0.29) is 22.3 Å². The molecule has 0 fully saturated rings. The third-order valence-corrected chi connectivity index (χ3v) is 3.45. The first-order chi connectivity index (χ1) is 11.8. The first-order valence-corrected chi connectivity index (χ1v) is 7.79. The lowest BCUT2D eigenvalue weighted by molar-refractivity contribution is -0.402. The molecular weight excluding hydrogens is 350 g/mol. The van der Waals surface area contributed by atoms with Crippen LogP contribution >= 0.6 is 11.6 Å². The van der Waals surface area contributed by atoms with E-state index in [0.29, 0.717) is 18.2 Å². The van der Waals surface area contributed by atoms with E-state index in [4.69, 9.17) is 16.0 Å². The van der Waals surface area contributed by atoms with Crippen LogP contribution in [0.2, 0.25) is 5.02 Å². The molecule has 0 saturated heterocycles. The minimum atomic E-state index is -0.738. The summed E-state index contributed by atoms with van der Waals surface area (Å²) in [5, 5.41) is 16.0. The molecular formula is C16H16ClN3O5. The number of carbonyl (C=O) groups excluding carboxylic acids is 2. The number of rotatable bonds is 6. The van der Waals surface area contributed by atoms with E-state index < -0.39 is 16.7 Å². The van der Waals surface area contributed by atoms with Gasteiger partial charge in [-0.3, -0.25) is 19.7 Å². The summed E-state index contributed by atoms with van der Waals surface area (Å²) in [6, 6.07) is 6.69. The van der Waals surface area contributed by atoms with Gasteiger partial charge in [-0.1, -0.05) is 25.4 Å². The highest BCUT2D eigenvalue weighted by Crippen LogP contribution is 2.22. The fraction of sp³-hybridized carbons (Fsp3) is 0.250. The molecule has 0 aliphatic heterocycles. The van der Waals surface area contributed by atoms with Gasteiger partial charge < -0.3 is 15.1 Å². The van der Waals surface area contributed by atoms with Crippen molar-refractivity contribution < 1.29 is 18.9 Å². The van der Waals surface area contributed by atoms with Gasteiger partial charge >= 0.3 is 5.88 Å². The molecule has 0 saturated carbocycles.